The highest BCUT2D eigenvalue weighted by Gasteiger charge is 2.20. The first-order valence-electron chi connectivity index (χ1n) is 11.4. The van der Waals surface area contributed by atoms with Gasteiger partial charge in [-0.25, -0.2) is 4.98 Å². The maximum absolute atomic E-state index is 4.64. The fraction of sp³-hybridized carbons (Fsp3) is 0.111. The van der Waals surface area contributed by atoms with Gasteiger partial charge in [-0.2, -0.15) is 5.10 Å². The summed E-state index contributed by atoms with van der Waals surface area (Å²) >= 11 is 1.70. The third-order valence-corrected chi connectivity index (χ3v) is 6.97. The van der Waals surface area contributed by atoms with Crippen LogP contribution in [-0.4, -0.2) is 25.1 Å². The molecule has 6 heterocycles. The molecule has 172 valence electrons. The van der Waals surface area contributed by atoms with Gasteiger partial charge < -0.3 is 10.6 Å². The van der Waals surface area contributed by atoms with Crippen molar-refractivity contribution in [3.63, 3.8) is 0 Å². The molecule has 1 aliphatic rings. The summed E-state index contributed by atoms with van der Waals surface area (Å²) in [7, 11) is 0. The van der Waals surface area contributed by atoms with Gasteiger partial charge in [0.1, 0.15) is 0 Å². The van der Waals surface area contributed by atoms with Crippen LogP contribution in [-0.2, 0) is 6.42 Å². The van der Waals surface area contributed by atoms with E-state index in [0.29, 0.717) is 5.65 Å². The van der Waals surface area contributed by atoms with E-state index >= 15 is 0 Å². The minimum Gasteiger partial charge on any atom is -0.358 e. The van der Waals surface area contributed by atoms with Crippen molar-refractivity contribution in [3.05, 3.63) is 90.1 Å². The Morgan fingerprint density at radius 2 is 2.06 bits per heavy atom. The highest BCUT2D eigenvalue weighted by atomic mass is 32.1. The number of nitrogens with zero attached hydrogens (tertiary/aromatic N) is 4. The number of fused-ring (bicyclic) bond motifs is 2. The predicted octanol–water partition coefficient (Wildman–Crippen LogP) is 6.49. The fourth-order valence-electron chi connectivity index (χ4n) is 4.23. The number of pyridine rings is 3. The van der Waals surface area contributed by atoms with Crippen LogP contribution in [0.15, 0.2) is 78.9 Å². The quantitative estimate of drug-likeness (QED) is 0.259. The molecule has 0 aliphatic carbocycles. The van der Waals surface area contributed by atoms with Crippen LogP contribution in [0.1, 0.15) is 24.6 Å². The summed E-state index contributed by atoms with van der Waals surface area (Å²) in [5.41, 5.74) is 9.66. The van der Waals surface area contributed by atoms with Crippen molar-refractivity contribution in [2.75, 3.05) is 10.6 Å². The molecule has 1 aliphatic heterocycles. The van der Waals surface area contributed by atoms with Gasteiger partial charge in [0.15, 0.2) is 5.65 Å². The molecule has 8 heteroatoms. The Labute approximate surface area is 206 Å². The highest BCUT2D eigenvalue weighted by molar-refractivity contribution is 7.13. The number of allylic oxidation sites excluding steroid dienone is 2. The van der Waals surface area contributed by atoms with Crippen LogP contribution >= 0.6 is 11.3 Å². The third kappa shape index (κ3) is 3.98. The van der Waals surface area contributed by atoms with E-state index in [1.165, 1.54) is 10.4 Å². The van der Waals surface area contributed by atoms with Crippen LogP contribution in [0, 0.1) is 0 Å². The zero-order valence-electron chi connectivity index (χ0n) is 19.2. The monoisotopic (exact) mass is 477 g/mol. The van der Waals surface area contributed by atoms with E-state index in [4.69, 9.17) is 0 Å². The molecule has 0 saturated heterocycles. The number of thiophene rings is 1. The summed E-state index contributed by atoms with van der Waals surface area (Å²) in [6.45, 7) is 6.09. The molecular weight excluding hydrogens is 454 g/mol. The Bertz CT molecular complexity index is 1580. The van der Waals surface area contributed by atoms with Crippen LogP contribution in [0.3, 0.4) is 0 Å². The Morgan fingerprint density at radius 3 is 2.91 bits per heavy atom. The maximum Gasteiger partial charge on any atom is 0.181 e. The van der Waals surface area contributed by atoms with E-state index in [-0.39, 0.29) is 0 Å². The topological polar surface area (TPSA) is 91.4 Å². The molecule has 7 nitrogen and oxygen atoms in total. The standard InChI is InChI=1S/C27H23N7S/c1-3-16(2)31-19-11-17(13-28-15-19)18-12-21-25(33-34-27(21)30-14-18)23-7-6-20-22(32-23)8-9-29-26(20)24-5-4-10-35-24/h4-5,7-15,31-32H,2-3,6H2,1H3,(H,30,33,34). The van der Waals surface area contributed by atoms with Gasteiger partial charge in [0.05, 0.1) is 33.8 Å². The summed E-state index contributed by atoms with van der Waals surface area (Å²) in [6, 6.07) is 10.4. The molecule has 5 aromatic heterocycles. The van der Waals surface area contributed by atoms with E-state index < -0.39 is 0 Å². The molecule has 0 saturated carbocycles. The average Bonchev–Trinajstić information content (AvgIpc) is 3.58. The number of anilines is 2. The van der Waals surface area contributed by atoms with Crippen molar-refractivity contribution < 1.29 is 0 Å². The minimum atomic E-state index is 0.674. The van der Waals surface area contributed by atoms with Gasteiger partial charge in [-0.3, -0.25) is 15.1 Å². The van der Waals surface area contributed by atoms with Crippen molar-refractivity contribution in [3.8, 4) is 21.7 Å². The van der Waals surface area contributed by atoms with Gasteiger partial charge in [-0.15, -0.1) is 11.3 Å². The lowest BCUT2D eigenvalue weighted by Gasteiger charge is -2.20. The van der Waals surface area contributed by atoms with E-state index in [9.17, 15) is 0 Å². The minimum absolute atomic E-state index is 0.674. The molecule has 5 aromatic rings. The van der Waals surface area contributed by atoms with Crippen molar-refractivity contribution in [1.82, 2.24) is 25.1 Å². The lowest BCUT2D eigenvalue weighted by molar-refractivity contribution is 1.07. The van der Waals surface area contributed by atoms with Gasteiger partial charge in [-0.1, -0.05) is 25.6 Å². The molecule has 35 heavy (non-hydrogen) atoms. The summed E-state index contributed by atoms with van der Waals surface area (Å²) in [5.74, 6) is 0. The molecule has 0 bridgehead atoms. The van der Waals surface area contributed by atoms with Gasteiger partial charge in [0, 0.05) is 52.1 Å². The highest BCUT2D eigenvalue weighted by Crippen LogP contribution is 2.36. The number of aromatic amines is 1. The van der Waals surface area contributed by atoms with Gasteiger partial charge >= 0.3 is 0 Å². The first kappa shape index (κ1) is 21.2. The first-order valence-corrected chi connectivity index (χ1v) is 12.3. The zero-order valence-corrected chi connectivity index (χ0v) is 20.0. The molecule has 0 atom stereocenters. The number of nitrogens with one attached hydrogen (secondary N) is 3. The average molecular weight is 478 g/mol. The third-order valence-electron chi connectivity index (χ3n) is 6.09. The molecule has 3 N–H and O–H groups in total. The molecule has 6 rings (SSSR count). The Hall–Kier alpha value is -4.30. The molecule has 0 amide bonds. The largest absolute Gasteiger partial charge is 0.358 e. The molecule has 0 radical (unpaired) electrons. The zero-order chi connectivity index (χ0) is 23.8. The number of hydrogen-bond donors (Lipinski definition) is 3. The van der Waals surface area contributed by atoms with E-state index in [1.54, 1.807) is 17.5 Å². The van der Waals surface area contributed by atoms with Crippen LogP contribution in [0.2, 0.25) is 0 Å². The van der Waals surface area contributed by atoms with Crippen LogP contribution in [0.4, 0.5) is 11.4 Å². The van der Waals surface area contributed by atoms with Crippen molar-refractivity contribution >= 4 is 39.4 Å². The maximum atomic E-state index is 4.64. The summed E-state index contributed by atoms with van der Waals surface area (Å²) in [4.78, 5) is 14.8. The normalized spacial score (nSPS) is 12.7. The van der Waals surface area contributed by atoms with E-state index in [0.717, 1.165) is 63.5 Å². The lowest BCUT2D eigenvalue weighted by Crippen LogP contribution is -2.09. The Kier molecular flexibility index (Phi) is 5.35. The second-order valence-electron chi connectivity index (χ2n) is 8.35. The fourth-order valence-corrected chi connectivity index (χ4v) is 4.98. The van der Waals surface area contributed by atoms with Gasteiger partial charge in [0.25, 0.3) is 0 Å². The Balaban J connectivity index is 1.34. The predicted molar refractivity (Wildman–Crippen MR) is 143 cm³/mol. The second-order valence-corrected chi connectivity index (χ2v) is 9.30. The number of aromatic nitrogens is 5. The summed E-state index contributed by atoms with van der Waals surface area (Å²) in [5, 5.41) is 17.5. The molecule has 0 fully saturated rings. The number of H-pyrrole nitrogens is 1. The van der Waals surface area contributed by atoms with Gasteiger partial charge in [0.2, 0.25) is 0 Å². The van der Waals surface area contributed by atoms with E-state index in [1.807, 2.05) is 24.7 Å². The molecule has 0 unspecified atom stereocenters. The van der Waals surface area contributed by atoms with Crippen molar-refractivity contribution in [2.45, 2.75) is 19.8 Å². The second kappa shape index (κ2) is 8.81. The summed E-state index contributed by atoms with van der Waals surface area (Å²) in [6.07, 6.45) is 11.2. The van der Waals surface area contributed by atoms with Crippen LogP contribution < -0.4 is 10.6 Å². The van der Waals surface area contributed by atoms with Crippen molar-refractivity contribution in [2.24, 2.45) is 0 Å². The molecular formula is C27H23N7S. The number of rotatable bonds is 6. The first-order chi connectivity index (χ1) is 17.2. The molecule has 0 aromatic carbocycles. The number of hydrogen-bond acceptors (Lipinski definition) is 7. The van der Waals surface area contributed by atoms with Crippen LogP contribution in [0.25, 0.3) is 38.4 Å². The van der Waals surface area contributed by atoms with Crippen LogP contribution in [0.5, 0.6) is 0 Å². The van der Waals surface area contributed by atoms with Crippen molar-refractivity contribution in [1.29, 1.82) is 0 Å². The molecule has 0 spiro atoms. The van der Waals surface area contributed by atoms with E-state index in [2.05, 4.69) is 85.0 Å². The Morgan fingerprint density at radius 1 is 1.14 bits per heavy atom. The SMILES string of the molecule is C=C(CC)Nc1cncc(-c2cnc3n[nH]c(C4=CCc5c(ccnc5-c5cccs5)N4)c3c2)c1. The van der Waals surface area contributed by atoms with Gasteiger partial charge in [-0.05, 0) is 42.5 Å². The smallest absolute Gasteiger partial charge is 0.181 e. The lowest BCUT2D eigenvalue weighted by atomic mass is 10.0. The summed E-state index contributed by atoms with van der Waals surface area (Å²) < 4.78 is 0.